The van der Waals surface area contributed by atoms with Gasteiger partial charge < -0.3 is 14.2 Å². The summed E-state index contributed by atoms with van der Waals surface area (Å²) in [7, 11) is 3.52. The number of pyridine rings is 1. The molecular weight excluding hydrogens is 382 g/mol. The summed E-state index contributed by atoms with van der Waals surface area (Å²) in [5, 5.41) is 12.2. The maximum atomic E-state index is 11.2. The second kappa shape index (κ2) is 8.59. The van der Waals surface area contributed by atoms with Gasteiger partial charge in [-0.3, -0.25) is 4.99 Å². The molecule has 1 aromatic carbocycles. The van der Waals surface area contributed by atoms with E-state index in [9.17, 15) is 5.11 Å². The number of rotatable bonds is 5. The SMILES string of the molecule is C/N=C(/SCc1ccc(OC)cc1)C1(c2ccc3nccn3c2)CCCCC1O. The Balaban J connectivity index is 1.67. The van der Waals surface area contributed by atoms with Gasteiger partial charge in [0.1, 0.15) is 11.4 Å². The zero-order valence-electron chi connectivity index (χ0n) is 16.9. The maximum absolute atomic E-state index is 11.2. The summed E-state index contributed by atoms with van der Waals surface area (Å²) < 4.78 is 7.28. The molecule has 3 aromatic rings. The second-order valence-corrected chi connectivity index (χ2v) is 8.47. The van der Waals surface area contributed by atoms with Crippen molar-refractivity contribution < 1.29 is 9.84 Å². The minimum atomic E-state index is -0.470. The molecule has 1 saturated carbocycles. The number of nitrogens with zero attached hydrogens (tertiary/aromatic N) is 3. The van der Waals surface area contributed by atoms with E-state index in [1.807, 2.05) is 35.8 Å². The lowest BCUT2D eigenvalue weighted by Crippen LogP contribution is -2.48. The molecule has 0 amide bonds. The van der Waals surface area contributed by atoms with Gasteiger partial charge in [-0.25, -0.2) is 4.98 Å². The van der Waals surface area contributed by atoms with Crippen LogP contribution in [-0.4, -0.2) is 39.8 Å². The van der Waals surface area contributed by atoms with E-state index in [1.54, 1.807) is 25.1 Å². The third-order valence-electron chi connectivity index (χ3n) is 5.89. The first kappa shape index (κ1) is 20.0. The van der Waals surface area contributed by atoms with Gasteiger partial charge in [0.05, 0.1) is 23.7 Å². The van der Waals surface area contributed by atoms with Crippen LogP contribution in [0.25, 0.3) is 5.65 Å². The predicted octanol–water partition coefficient (Wildman–Crippen LogP) is 4.48. The topological polar surface area (TPSA) is 59.1 Å². The number of ether oxygens (including phenoxy) is 1. The molecule has 4 rings (SSSR count). The van der Waals surface area contributed by atoms with Gasteiger partial charge in [0.25, 0.3) is 0 Å². The van der Waals surface area contributed by atoms with Crippen LogP contribution in [0.2, 0.25) is 0 Å². The van der Waals surface area contributed by atoms with E-state index in [0.29, 0.717) is 0 Å². The lowest BCUT2D eigenvalue weighted by molar-refractivity contribution is 0.0793. The number of thioether (sulfide) groups is 1. The summed E-state index contributed by atoms with van der Waals surface area (Å²) in [6.45, 7) is 0. The number of benzene rings is 1. The number of hydrogen-bond donors (Lipinski definition) is 1. The summed E-state index contributed by atoms with van der Waals surface area (Å²) in [6.07, 6.45) is 9.25. The number of aromatic nitrogens is 2. The highest BCUT2D eigenvalue weighted by Gasteiger charge is 2.46. The molecule has 152 valence electrons. The molecule has 0 spiro atoms. The van der Waals surface area contributed by atoms with E-state index in [2.05, 4.69) is 29.4 Å². The number of imidazole rings is 1. The van der Waals surface area contributed by atoms with Crippen LogP contribution in [0.15, 0.2) is 60.0 Å². The molecule has 29 heavy (non-hydrogen) atoms. The van der Waals surface area contributed by atoms with Gasteiger partial charge in [0.2, 0.25) is 0 Å². The van der Waals surface area contributed by atoms with Crippen LogP contribution >= 0.6 is 11.8 Å². The predicted molar refractivity (Wildman–Crippen MR) is 119 cm³/mol. The van der Waals surface area contributed by atoms with Gasteiger partial charge in [-0.05, 0) is 42.2 Å². The molecule has 5 nitrogen and oxygen atoms in total. The summed E-state index contributed by atoms with van der Waals surface area (Å²) in [5.41, 5.74) is 2.76. The van der Waals surface area contributed by atoms with Crippen LogP contribution in [0.5, 0.6) is 5.75 Å². The molecule has 2 heterocycles. The van der Waals surface area contributed by atoms with E-state index in [4.69, 9.17) is 9.73 Å². The van der Waals surface area contributed by atoms with Crippen LogP contribution in [0.4, 0.5) is 0 Å². The van der Waals surface area contributed by atoms with Crippen molar-refractivity contribution in [3.8, 4) is 5.75 Å². The van der Waals surface area contributed by atoms with Crippen molar-refractivity contribution in [2.75, 3.05) is 14.2 Å². The first-order valence-electron chi connectivity index (χ1n) is 10.0. The van der Waals surface area contributed by atoms with Crippen LogP contribution in [-0.2, 0) is 11.2 Å². The average molecular weight is 410 g/mol. The molecule has 2 aromatic heterocycles. The zero-order valence-corrected chi connectivity index (χ0v) is 17.7. The first-order chi connectivity index (χ1) is 14.2. The van der Waals surface area contributed by atoms with E-state index in [0.717, 1.165) is 53.4 Å². The molecule has 0 saturated heterocycles. The molecule has 0 bridgehead atoms. The van der Waals surface area contributed by atoms with Crippen molar-refractivity contribution in [1.29, 1.82) is 0 Å². The van der Waals surface area contributed by atoms with Crippen LogP contribution in [0.3, 0.4) is 0 Å². The largest absolute Gasteiger partial charge is 0.497 e. The second-order valence-electron chi connectivity index (χ2n) is 7.51. The minimum Gasteiger partial charge on any atom is -0.497 e. The van der Waals surface area contributed by atoms with Crippen molar-refractivity contribution in [2.45, 2.75) is 43.0 Å². The van der Waals surface area contributed by atoms with E-state index < -0.39 is 11.5 Å². The summed E-state index contributed by atoms with van der Waals surface area (Å²) >= 11 is 1.72. The van der Waals surface area contributed by atoms with Crippen LogP contribution < -0.4 is 4.74 Å². The fourth-order valence-electron chi connectivity index (χ4n) is 4.31. The highest BCUT2D eigenvalue weighted by molar-refractivity contribution is 8.13. The van der Waals surface area contributed by atoms with Gasteiger partial charge in [0.15, 0.2) is 0 Å². The van der Waals surface area contributed by atoms with Gasteiger partial charge >= 0.3 is 0 Å². The van der Waals surface area contributed by atoms with Crippen molar-refractivity contribution >= 4 is 22.5 Å². The number of methoxy groups -OCH3 is 1. The fraction of sp³-hybridized carbons (Fsp3) is 0.391. The van der Waals surface area contributed by atoms with Crippen molar-refractivity contribution in [3.63, 3.8) is 0 Å². The number of aliphatic hydroxyl groups excluding tert-OH is 1. The molecule has 1 N–H and O–H groups in total. The molecule has 2 atom stereocenters. The Hall–Kier alpha value is -2.31. The smallest absolute Gasteiger partial charge is 0.136 e. The third-order valence-corrected chi connectivity index (χ3v) is 7.19. The maximum Gasteiger partial charge on any atom is 0.136 e. The lowest BCUT2D eigenvalue weighted by Gasteiger charge is -2.42. The number of hydrogen-bond acceptors (Lipinski definition) is 5. The molecule has 0 aliphatic heterocycles. The lowest BCUT2D eigenvalue weighted by atomic mass is 9.68. The molecule has 0 radical (unpaired) electrons. The molecule has 6 heteroatoms. The third kappa shape index (κ3) is 3.79. The molecule has 1 aliphatic rings. The van der Waals surface area contributed by atoms with E-state index in [1.165, 1.54) is 5.56 Å². The molecular formula is C23H27N3O2S. The van der Waals surface area contributed by atoms with E-state index >= 15 is 0 Å². The Kier molecular flexibility index (Phi) is 5.92. The Labute approximate surface area is 175 Å². The van der Waals surface area contributed by atoms with Crippen molar-refractivity contribution in [2.24, 2.45) is 4.99 Å². The van der Waals surface area contributed by atoms with Gasteiger partial charge in [-0.1, -0.05) is 31.0 Å². The highest BCUT2D eigenvalue weighted by atomic mass is 32.2. The normalized spacial score (nSPS) is 22.7. The first-order valence-corrected chi connectivity index (χ1v) is 11.0. The van der Waals surface area contributed by atoms with Crippen molar-refractivity contribution in [3.05, 3.63) is 66.1 Å². The van der Waals surface area contributed by atoms with Gasteiger partial charge in [-0.2, -0.15) is 0 Å². The fourth-order valence-corrected chi connectivity index (χ4v) is 5.55. The van der Waals surface area contributed by atoms with Crippen molar-refractivity contribution in [1.82, 2.24) is 9.38 Å². The standard InChI is InChI=1S/C23H27N3O2S/c1-24-22(29-16-17-6-9-19(28-2)10-7-17)23(12-4-3-5-20(23)27)18-8-11-21-25-13-14-26(21)15-18/h6-11,13-15,20,27H,3-5,12,16H2,1-2H3/b24-22+. The molecule has 2 unspecified atom stereocenters. The average Bonchev–Trinajstić information content (AvgIpc) is 3.23. The summed E-state index contributed by atoms with van der Waals surface area (Å²) in [6, 6.07) is 12.3. The summed E-state index contributed by atoms with van der Waals surface area (Å²) in [4.78, 5) is 9.05. The minimum absolute atomic E-state index is 0.445. The summed E-state index contributed by atoms with van der Waals surface area (Å²) in [5.74, 6) is 1.66. The zero-order chi connectivity index (χ0) is 20.3. The van der Waals surface area contributed by atoms with Gasteiger partial charge in [-0.15, -0.1) is 11.8 Å². The van der Waals surface area contributed by atoms with Crippen LogP contribution in [0, 0.1) is 0 Å². The van der Waals surface area contributed by atoms with Crippen LogP contribution in [0.1, 0.15) is 36.8 Å². The molecule has 1 fully saturated rings. The Morgan fingerprint density at radius 3 is 2.83 bits per heavy atom. The monoisotopic (exact) mass is 409 g/mol. The Morgan fingerprint density at radius 1 is 1.28 bits per heavy atom. The number of fused-ring (bicyclic) bond motifs is 1. The van der Waals surface area contributed by atoms with E-state index in [-0.39, 0.29) is 0 Å². The Bertz CT molecular complexity index is 999. The number of aliphatic imine (C=N–C) groups is 1. The molecule has 1 aliphatic carbocycles. The van der Waals surface area contributed by atoms with Gasteiger partial charge in [0, 0.05) is 31.4 Å². The number of aliphatic hydroxyl groups is 1. The Morgan fingerprint density at radius 2 is 2.10 bits per heavy atom. The quantitative estimate of drug-likeness (QED) is 0.499. The highest BCUT2D eigenvalue weighted by Crippen LogP contribution is 2.44.